The van der Waals surface area contributed by atoms with E-state index >= 15 is 0 Å². The number of benzene rings is 3. The van der Waals surface area contributed by atoms with Gasteiger partial charge in [0.25, 0.3) is 0 Å². The second-order valence-electron chi connectivity index (χ2n) is 4.93. The maximum Gasteiger partial charge on any atom is 0.127 e. The fourth-order valence-electron chi connectivity index (χ4n) is 2.47. The Morgan fingerprint density at radius 2 is 1.55 bits per heavy atom. The Bertz CT molecular complexity index is 764. The van der Waals surface area contributed by atoms with Gasteiger partial charge in [0.1, 0.15) is 11.5 Å². The van der Waals surface area contributed by atoms with Crippen LogP contribution in [0.2, 0.25) is 0 Å². The third kappa shape index (κ3) is 2.82. The molecular formula is C20H17O2. The first-order chi connectivity index (χ1) is 10.8. The number of hydrogen-bond donors (Lipinski definition) is 0. The lowest BCUT2D eigenvalue weighted by atomic mass is 9.99. The molecule has 0 aromatic heterocycles. The maximum atomic E-state index is 5.58. The highest BCUT2D eigenvalue weighted by Gasteiger charge is 2.09. The number of methoxy groups -OCH3 is 2. The maximum absolute atomic E-state index is 5.58. The SMILES string of the molecule is COc1[c]ccc(-c2ccc(-c3ccccc3)cc2OC)c1. The van der Waals surface area contributed by atoms with Crippen LogP contribution in [0.3, 0.4) is 0 Å². The molecule has 3 rings (SSSR count). The summed E-state index contributed by atoms with van der Waals surface area (Å²) in [6.07, 6.45) is 0. The van der Waals surface area contributed by atoms with Gasteiger partial charge in [0.2, 0.25) is 0 Å². The molecule has 3 aromatic carbocycles. The van der Waals surface area contributed by atoms with Gasteiger partial charge >= 0.3 is 0 Å². The van der Waals surface area contributed by atoms with Crippen LogP contribution in [-0.2, 0) is 0 Å². The molecule has 0 heterocycles. The molecule has 1 radical (unpaired) electrons. The highest BCUT2D eigenvalue weighted by atomic mass is 16.5. The Hall–Kier alpha value is -2.74. The van der Waals surface area contributed by atoms with Crippen molar-refractivity contribution in [3.8, 4) is 33.8 Å². The average molecular weight is 289 g/mol. The van der Waals surface area contributed by atoms with Crippen molar-refractivity contribution in [1.82, 2.24) is 0 Å². The summed E-state index contributed by atoms with van der Waals surface area (Å²) >= 11 is 0. The fraction of sp³-hybridized carbons (Fsp3) is 0.100. The molecule has 3 aromatic rings. The summed E-state index contributed by atoms with van der Waals surface area (Å²) in [5.41, 5.74) is 4.39. The summed E-state index contributed by atoms with van der Waals surface area (Å²) in [6, 6.07) is 25.4. The summed E-state index contributed by atoms with van der Waals surface area (Å²) in [5.74, 6) is 1.56. The highest BCUT2D eigenvalue weighted by molar-refractivity contribution is 5.76. The smallest absolute Gasteiger partial charge is 0.127 e. The van der Waals surface area contributed by atoms with Crippen molar-refractivity contribution in [2.45, 2.75) is 0 Å². The van der Waals surface area contributed by atoms with Gasteiger partial charge in [-0.05, 0) is 34.9 Å². The van der Waals surface area contributed by atoms with Crippen LogP contribution < -0.4 is 9.47 Å². The van der Waals surface area contributed by atoms with Crippen molar-refractivity contribution in [3.05, 3.63) is 72.8 Å². The van der Waals surface area contributed by atoms with Crippen LogP contribution in [0.1, 0.15) is 0 Å². The van der Waals surface area contributed by atoms with Crippen LogP contribution in [-0.4, -0.2) is 14.2 Å². The van der Waals surface area contributed by atoms with E-state index in [1.807, 2.05) is 36.4 Å². The molecule has 2 nitrogen and oxygen atoms in total. The standard InChI is InChI=1S/C20H17O2/c1-21-18-10-6-9-17(13-18)19-12-11-16(14-20(19)22-2)15-7-4-3-5-8-15/h3-9,11-14H,1-2H3. The van der Waals surface area contributed by atoms with Crippen LogP contribution >= 0.6 is 0 Å². The van der Waals surface area contributed by atoms with Gasteiger partial charge in [-0.15, -0.1) is 0 Å². The lowest BCUT2D eigenvalue weighted by molar-refractivity contribution is 0.413. The molecule has 2 heteroatoms. The fourth-order valence-corrected chi connectivity index (χ4v) is 2.47. The second-order valence-corrected chi connectivity index (χ2v) is 4.93. The van der Waals surface area contributed by atoms with E-state index in [0.717, 1.165) is 22.4 Å². The molecule has 0 fully saturated rings. The predicted molar refractivity (Wildman–Crippen MR) is 89.3 cm³/mol. The molecular weight excluding hydrogens is 272 g/mol. The third-order valence-electron chi connectivity index (χ3n) is 3.61. The highest BCUT2D eigenvalue weighted by Crippen LogP contribution is 2.35. The molecule has 0 aliphatic carbocycles. The van der Waals surface area contributed by atoms with Gasteiger partial charge < -0.3 is 9.47 Å². The zero-order valence-corrected chi connectivity index (χ0v) is 12.7. The second kappa shape index (κ2) is 6.35. The van der Waals surface area contributed by atoms with Crippen molar-refractivity contribution in [2.75, 3.05) is 14.2 Å². The van der Waals surface area contributed by atoms with Crippen LogP contribution in [0.25, 0.3) is 22.3 Å². The monoisotopic (exact) mass is 289 g/mol. The Balaban J connectivity index is 2.06. The van der Waals surface area contributed by atoms with Crippen LogP contribution in [0.5, 0.6) is 11.5 Å². The Morgan fingerprint density at radius 1 is 0.727 bits per heavy atom. The minimum Gasteiger partial charge on any atom is -0.496 e. The zero-order valence-electron chi connectivity index (χ0n) is 12.7. The molecule has 22 heavy (non-hydrogen) atoms. The van der Waals surface area contributed by atoms with E-state index in [9.17, 15) is 0 Å². The number of hydrogen-bond acceptors (Lipinski definition) is 2. The van der Waals surface area contributed by atoms with Crippen molar-refractivity contribution in [1.29, 1.82) is 0 Å². The minimum absolute atomic E-state index is 0.715. The predicted octanol–water partition coefficient (Wildman–Crippen LogP) is 4.84. The molecule has 0 bridgehead atoms. The molecule has 0 saturated heterocycles. The van der Waals surface area contributed by atoms with Gasteiger partial charge in [-0.1, -0.05) is 48.5 Å². The van der Waals surface area contributed by atoms with Crippen molar-refractivity contribution in [3.63, 3.8) is 0 Å². The first-order valence-corrected chi connectivity index (χ1v) is 7.11. The molecule has 0 spiro atoms. The van der Waals surface area contributed by atoms with Gasteiger partial charge in [0.05, 0.1) is 14.2 Å². The van der Waals surface area contributed by atoms with E-state index in [1.54, 1.807) is 14.2 Å². The largest absolute Gasteiger partial charge is 0.496 e. The molecule has 0 aliphatic rings. The summed E-state index contributed by atoms with van der Waals surface area (Å²) in [4.78, 5) is 0. The zero-order chi connectivity index (χ0) is 15.4. The molecule has 0 unspecified atom stereocenters. The van der Waals surface area contributed by atoms with Crippen LogP contribution in [0.15, 0.2) is 66.7 Å². The van der Waals surface area contributed by atoms with E-state index in [2.05, 4.69) is 36.4 Å². The number of rotatable bonds is 4. The third-order valence-corrected chi connectivity index (χ3v) is 3.61. The molecule has 0 N–H and O–H groups in total. The van der Waals surface area contributed by atoms with Crippen LogP contribution in [0.4, 0.5) is 0 Å². The molecule has 109 valence electrons. The van der Waals surface area contributed by atoms with Gasteiger partial charge in [-0.25, -0.2) is 0 Å². The summed E-state index contributed by atoms with van der Waals surface area (Å²) in [7, 11) is 3.34. The Morgan fingerprint density at radius 3 is 2.27 bits per heavy atom. The van der Waals surface area contributed by atoms with Crippen molar-refractivity contribution >= 4 is 0 Å². The van der Waals surface area contributed by atoms with Crippen molar-refractivity contribution < 1.29 is 9.47 Å². The first-order valence-electron chi connectivity index (χ1n) is 7.11. The Kier molecular flexibility index (Phi) is 4.10. The van der Waals surface area contributed by atoms with E-state index in [0.29, 0.717) is 5.75 Å². The van der Waals surface area contributed by atoms with Gasteiger partial charge in [0.15, 0.2) is 0 Å². The van der Waals surface area contributed by atoms with E-state index in [-0.39, 0.29) is 0 Å². The number of ether oxygens (including phenoxy) is 2. The average Bonchev–Trinajstić information content (AvgIpc) is 2.62. The Labute approximate surface area is 131 Å². The minimum atomic E-state index is 0.715. The van der Waals surface area contributed by atoms with Crippen molar-refractivity contribution in [2.24, 2.45) is 0 Å². The van der Waals surface area contributed by atoms with E-state index in [1.165, 1.54) is 5.56 Å². The van der Waals surface area contributed by atoms with Gasteiger partial charge in [-0.3, -0.25) is 0 Å². The lowest BCUT2D eigenvalue weighted by Crippen LogP contribution is -1.90. The lowest BCUT2D eigenvalue weighted by Gasteiger charge is -2.12. The summed E-state index contributed by atoms with van der Waals surface area (Å²) in [6.45, 7) is 0. The molecule has 0 aliphatic heterocycles. The normalized spacial score (nSPS) is 10.3. The summed E-state index contributed by atoms with van der Waals surface area (Å²) in [5, 5.41) is 0. The van der Waals surface area contributed by atoms with E-state index in [4.69, 9.17) is 9.47 Å². The molecule has 0 amide bonds. The molecule has 0 atom stereocenters. The van der Waals surface area contributed by atoms with Gasteiger partial charge in [-0.2, -0.15) is 0 Å². The van der Waals surface area contributed by atoms with Gasteiger partial charge in [0, 0.05) is 11.6 Å². The first kappa shape index (κ1) is 14.2. The summed E-state index contributed by atoms with van der Waals surface area (Å²) < 4.78 is 10.8. The van der Waals surface area contributed by atoms with E-state index < -0.39 is 0 Å². The topological polar surface area (TPSA) is 18.5 Å². The quantitative estimate of drug-likeness (QED) is 0.684. The van der Waals surface area contributed by atoms with Crippen LogP contribution in [0, 0.1) is 6.07 Å². The molecule has 0 saturated carbocycles.